The Hall–Kier alpha value is -1.10. The molecule has 0 aliphatic rings. The summed E-state index contributed by atoms with van der Waals surface area (Å²) in [6.07, 6.45) is 1.03. The van der Waals surface area contributed by atoms with Gasteiger partial charge in [-0.2, -0.15) is 0 Å². The maximum absolute atomic E-state index is 11.9. The van der Waals surface area contributed by atoms with Gasteiger partial charge in [0.2, 0.25) is 11.8 Å². The summed E-state index contributed by atoms with van der Waals surface area (Å²) in [7, 11) is 0. The van der Waals surface area contributed by atoms with E-state index in [4.69, 9.17) is 5.73 Å². The average Bonchev–Trinajstić information content (AvgIpc) is 2.32. The predicted octanol–water partition coefficient (Wildman–Crippen LogP) is 1.42. The average molecular weight is 285 g/mol. The molecule has 0 bridgehead atoms. The Bertz CT molecular complexity index is 335. The number of hydrogen-bond donors (Lipinski definition) is 3. The Morgan fingerprint density at radius 3 is 2.10 bits per heavy atom. The highest BCUT2D eigenvalue weighted by atomic mass is 16.2. The van der Waals surface area contributed by atoms with Gasteiger partial charge in [0.1, 0.15) is 0 Å². The summed E-state index contributed by atoms with van der Waals surface area (Å²) in [5.41, 5.74) is 4.97. The number of amides is 2. The molecule has 1 atom stereocenters. The van der Waals surface area contributed by atoms with Crippen LogP contribution in [-0.2, 0) is 9.59 Å². The fourth-order valence-electron chi connectivity index (χ4n) is 1.53. The molecule has 0 aliphatic carbocycles. The molecule has 0 aliphatic heterocycles. The molecule has 0 saturated heterocycles. The Labute approximate surface area is 123 Å². The zero-order valence-electron chi connectivity index (χ0n) is 13.8. The van der Waals surface area contributed by atoms with Gasteiger partial charge in [-0.05, 0) is 19.3 Å². The van der Waals surface area contributed by atoms with Gasteiger partial charge >= 0.3 is 0 Å². The quantitative estimate of drug-likeness (QED) is 0.618. The summed E-state index contributed by atoms with van der Waals surface area (Å²) < 4.78 is 0. The lowest BCUT2D eigenvalue weighted by Gasteiger charge is -2.33. The predicted molar refractivity (Wildman–Crippen MR) is 82.1 cm³/mol. The van der Waals surface area contributed by atoms with Gasteiger partial charge < -0.3 is 16.4 Å². The third-order valence-electron chi connectivity index (χ3n) is 3.67. The van der Waals surface area contributed by atoms with Crippen molar-refractivity contribution in [1.29, 1.82) is 0 Å². The lowest BCUT2D eigenvalue weighted by Crippen LogP contribution is -2.55. The molecule has 0 fully saturated rings. The second-order valence-corrected chi connectivity index (χ2v) is 6.93. The lowest BCUT2D eigenvalue weighted by molar-refractivity contribution is -0.129. The smallest absolute Gasteiger partial charge is 0.225 e. The van der Waals surface area contributed by atoms with Crippen LogP contribution >= 0.6 is 0 Å². The summed E-state index contributed by atoms with van der Waals surface area (Å²) in [6.45, 7) is 12.6. The highest BCUT2D eigenvalue weighted by Crippen LogP contribution is 2.15. The standard InChI is InChI=1S/C15H31N3O2/c1-11(2)15(6,10-16)18-12(19)8-7-9-17-13(20)14(3,4)5/h11H,7-10,16H2,1-6H3,(H,17,20)(H,18,19). The molecule has 0 radical (unpaired) electrons. The molecule has 0 spiro atoms. The molecular formula is C15H31N3O2. The van der Waals surface area contributed by atoms with Crippen molar-refractivity contribution >= 4 is 11.8 Å². The topological polar surface area (TPSA) is 84.2 Å². The first-order chi connectivity index (χ1) is 9.03. The van der Waals surface area contributed by atoms with Crippen LogP contribution in [0.2, 0.25) is 0 Å². The molecule has 5 heteroatoms. The first kappa shape index (κ1) is 18.9. The molecule has 0 aromatic carbocycles. The van der Waals surface area contributed by atoms with Crippen molar-refractivity contribution in [3.63, 3.8) is 0 Å². The number of nitrogens with two attached hydrogens (primary N) is 1. The molecule has 0 saturated carbocycles. The van der Waals surface area contributed by atoms with E-state index in [1.165, 1.54) is 0 Å². The van der Waals surface area contributed by atoms with Gasteiger partial charge in [-0.1, -0.05) is 34.6 Å². The van der Waals surface area contributed by atoms with Crippen LogP contribution in [-0.4, -0.2) is 30.4 Å². The van der Waals surface area contributed by atoms with E-state index in [0.717, 1.165) is 0 Å². The highest BCUT2D eigenvalue weighted by molar-refractivity contribution is 5.81. The summed E-state index contributed by atoms with van der Waals surface area (Å²) in [5, 5.41) is 5.82. The van der Waals surface area contributed by atoms with E-state index in [1.54, 1.807) is 0 Å². The van der Waals surface area contributed by atoms with Gasteiger partial charge in [-0.15, -0.1) is 0 Å². The van der Waals surface area contributed by atoms with E-state index in [1.807, 2.05) is 41.5 Å². The van der Waals surface area contributed by atoms with Crippen molar-refractivity contribution in [1.82, 2.24) is 10.6 Å². The van der Waals surface area contributed by atoms with Crippen LogP contribution in [0, 0.1) is 11.3 Å². The highest BCUT2D eigenvalue weighted by Gasteiger charge is 2.28. The molecule has 2 amide bonds. The van der Waals surface area contributed by atoms with Gasteiger partial charge in [-0.3, -0.25) is 9.59 Å². The van der Waals surface area contributed by atoms with Crippen LogP contribution in [0.4, 0.5) is 0 Å². The largest absolute Gasteiger partial charge is 0.356 e. The van der Waals surface area contributed by atoms with Crippen molar-refractivity contribution < 1.29 is 9.59 Å². The maximum atomic E-state index is 11.9. The van der Waals surface area contributed by atoms with Crippen molar-refractivity contribution in [2.75, 3.05) is 13.1 Å². The molecule has 118 valence electrons. The van der Waals surface area contributed by atoms with Crippen LogP contribution in [0.1, 0.15) is 54.4 Å². The number of carbonyl (C=O) groups excluding carboxylic acids is 2. The number of carbonyl (C=O) groups is 2. The molecule has 1 unspecified atom stereocenters. The van der Waals surface area contributed by atoms with Gasteiger partial charge in [0.15, 0.2) is 0 Å². The van der Waals surface area contributed by atoms with Crippen molar-refractivity contribution in [3.8, 4) is 0 Å². The fourth-order valence-corrected chi connectivity index (χ4v) is 1.53. The Morgan fingerprint density at radius 2 is 1.70 bits per heavy atom. The van der Waals surface area contributed by atoms with E-state index in [2.05, 4.69) is 10.6 Å². The molecule has 0 aromatic rings. The number of rotatable bonds is 7. The fraction of sp³-hybridized carbons (Fsp3) is 0.867. The number of nitrogens with one attached hydrogen (secondary N) is 2. The molecule has 20 heavy (non-hydrogen) atoms. The van der Waals surface area contributed by atoms with Gasteiger partial charge in [0.25, 0.3) is 0 Å². The molecule has 5 nitrogen and oxygen atoms in total. The SMILES string of the molecule is CC(C)C(C)(CN)NC(=O)CCCNC(=O)C(C)(C)C. The molecule has 4 N–H and O–H groups in total. The molecule has 0 aromatic heterocycles. The van der Waals surface area contributed by atoms with Crippen LogP contribution in [0.3, 0.4) is 0 Å². The van der Waals surface area contributed by atoms with Gasteiger partial charge in [0, 0.05) is 24.9 Å². The zero-order chi connectivity index (χ0) is 16.0. The second kappa shape index (κ2) is 7.62. The molecule has 0 rings (SSSR count). The van der Waals surface area contributed by atoms with E-state index in [-0.39, 0.29) is 23.3 Å². The third kappa shape index (κ3) is 6.37. The van der Waals surface area contributed by atoms with Crippen LogP contribution < -0.4 is 16.4 Å². The van der Waals surface area contributed by atoms with E-state index < -0.39 is 5.41 Å². The Kier molecular flexibility index (Phi) is 7.20. The Morgan fingerprint density at radius 1 is 1.15 bits per heavy atom. The van der Waals surface area contributed by atoms with Crippen LogP contribution in [0.15, 0.2) is 0 Å². The minimum absolute atomic E-state index is 0.00638. The summed E-state index contributed by atoms with van der Waals surface area (Å²) >= 11 is 0. The first-order valence-electron chi connectivity index (χ1n) is 7.32. The Balaban J connectivity index is 4.05. The zero-order valence-corrected chi connectivity index (χ0v) is 13.8. The monoisotopic (exact) mass is 285 g/mol. The molecular weight excluding hydrogens is 254 g/mol. The normalized spacial score (nSPS) is 14.8. The van der Waals surface area contributed by atoms with E-state index in [0.29, 0.717) is 25.9 Å². The summed E-state index contributed by atoms with van der Waals surface area (Å²) in [6, 6.07) is 0. The second-order valence-electron chi connectivity index (χ2n) is 6.93. The van der Waals surface area contributed by atoms with Gasteiger partial charge in [0.05, 0.1) is 5.54 Å². The lowest BCUT2D eigenvalue weighted by atomic mass is 9.88. The maximum Gasteiger partial charge on any atom is 0.225 e. The van der Waals surface area contributed by atoms with Crippen LogP contribution in [0.25, 0.3) is 0 Å². The number of hydrogen-bond acceptors (Lipinski definition) is 3. The van der Waals surface area contributed by atoms with E-state index in [9.17, 15) is 9.59 Å². The third-order valence-corrected chi connectivity index (χ3v) is 3.67. The minimum atomic E-state index is -0.391. The van der Waals surface area contributed by atoms with E-state index >= 15 is 0 Å². The van der Waals surface area contributed by atoms with Crippen molar-refractivity contribution in [3.05, 3.63) is 0 Å². The van der Waals surface area contributed by atoms with Crippen LogP contribution in [0.5, 0.6) is 0 Å². The molecule has 0 heterocycles. The first-order valence-corrected chi connectivity index (χ1v) is 7.32. The van der Waals surface area contributed by atoms with Crippen molar-refractivity contribution in [2.24, 2.45) is 17.1 Å². The summed E-state index contributed by atoms with van der Waals surface area (Å²) in [4.78, 5) is 23.5. The minimum Gasteiger partial charge on any atom is -0.356 e. The summed E-state index contributed by atoms with van der Waals surface area (Å²) in [5.74, 6) is 0.264. The van der Waals surface area contributed by atoms with Crippen molar-refractivity contribution in [2.45, 2.75) is 59.9 Å². The van der Waals surface area contributed by atoms with Gasteiger partial charge in [-0.25, -0.2) is 0 Å².